The van der Waals surface area contributed by atoms with E-state index < -0.39 is 18.5 Å². The van der Waals surface area contributed by atoms with Crippen molar-refractivity contribution in [1.29, 1.82) is 0 Å². The quantitative estimate of drug-likeness (QED) is 0.270. The smallest absolute Gasteiger partial charge is 0.390 e. The van der Waals surface area contributed by atoms with Gasteiger partial charge < -0.3 is 15.8 Å². The van der Waals surface area contributed by atoms with Crippen LogP contribution in [0, 0.1) is 6.92 Å². The lowest BCUT2D eigenvalue weighted by Crippen LogP contribution is -2.16. The number of carbonyl (C=O) groups is 1. The number of fused-ring (bicyclic) bond motifs is 1. The van der Waals surface area contributed by atoms with E-state index in [1.165, 1.54) is 0 Å². The fourth-order valence-electron chi connectivity index (χ4n) is 4.83. The topological polar surface area (TPSA) is 94.5 Å². The Kier molecular flexibility index (Phi) is 6.80. The van der Waals surface area contributed by atoms with Crippen LogP contribution in [-0.2, 0) is 0 Å². The summed E-state index contributed by atoms with van der Waals surface area (Å²) in [4.78, 5) is 16.6. The van der Waals surface area contributed by atoms with Crippen molar-refractivity contribution >= 4 is 22.8 Å². The maximum Gasteiger partial charge on any atom is 0.390 e. The molecule has 0 saturated heterocycles. The number of nitrogens with two attached hydrogens (primary N) is 1. The van der Waals surface area contributed by atoms with Crippen LogP contribution in [0.3, 0.4) is 0 Å². The minimum atomic E-state index is -4.30. The Hall–Kier alpha value is -4.34. The molecule has 1 saturated carbocycles. The number of amides is 1. The normalized spacial score (nSPS) is 13.5. The summed E-state index contributed by atoms with van der Waals surface area (Å²) < 4.78 is 45.6. The highest BCUT2D eigenvalue weighted by Gasteiger charge is 2.31. The molecular weight excluding hydrogens is 507 g/mol. The Bertz CT molecular complexity index is 1570. The second-order valence-electron chi connectivity index (χ2n) is 9.66. The highest BCUT2D eigenvalue weighted by molar-refractivity contribution is 5.96. The fourth-order valence-corrected chi connectivity index (χ4v) is 4.83. The molecule has 4 aromatic rings. The first kappa shape index (κ1) is 26.3. The van der Waals surface area contributed by atoms with Gasteiger partial charge in [0.2, 0.25) is 5.91 Å². The van der Waals surface area contributed by atoms with Gasteiger partial charge in [-0.3, -0.25) is 4.79 Å². The number of rotatable bonds is 9. The molecule has 1 aliphatic rings. The molecule has 2 heterocycles. The number of imidazole rings is 1. The van der Waals surface area contributed by atoms with Crippen molar-refractivity contribution in [2.75, 3.05) is 19.0 Å². The van der Waals surface area contributed by atoms with Crippen LogP contribution in [0.2, 0.25) is 0 Å². The van der Waals surface area contributed by atoms with Crippen molar-refractivity contribution in [3.05, 3.63) is 83.2 Å². The number of alkyl halides is 3. The molecule has 0 unspecified atom stereocenters. The maximum absolute atomic E-state index is 12.9. The number of benzene rings is 2. The largest absolute Gasteiger partial charge is 0.497 e. The van der Waals surface area contributed by atoms with Crippen molar-refractivity contribution in [3.63, 3.8) is 0 Å². The summed E-state index contributed by atoms with van der Waals surface area (Å²) in [5.41, 5.74) is 12.1. The van der Waals surface area contributed by atoms with E-state index in [0.717, 1.165) is 35.1 Å². The molecule has 3 N–H and O–H groups in total. The van der Waals surface area contributed by atoms with Gasteiger partial charge in [-0.25, -0.2) is 9.50 Å². The summed E-state index contributed by atoms with van der Waals surface area (Å²) in [5, 5.41) is 7.72. The Morgan fingerprint density at radius 3 is 2.54 bits per heavy atom. The minimum Gasteiger partial charge on any atom is -0.497 e. The van der Waals surface area contributed by atoms with Crippen molar-refractivity contribution in [1.82, 2.24) is 14.6 Å². The number of aromatic nitrogens is 3. The number of halogens is 3. The molecule has 202 valence electrons. The maximum atomic E-state index is 12.9. The molecule has 39 heavy (non-hydrogen) atoms. The number of nitrogens with one attached hydrogen (secondary N) is 1. The summed E-state index contributed by atoms with van der Waals surface area (Å²) in [6, 6.07) is 12.5. The van der Waals surface area contributed by atoms with Crippen molar-refractivity contribution in [2.24, 2.45) is 5.73 Å². The monoisotopic (exact) mass is 535 g/mol. The predicted octanol–water partition coefficient (Wildman–Crippen LogP) is 6.12. The van der Waals surface area contributed by atoms with Gasteiger partial charge in [0.15, 0.2) is 5.65 Å². The van der Waals surface area contributed by atoms with E-state index in [1.807, 2.05) is 25.1 Å². The zero-order valence-electron chi connectivity index (χ0n) is 21.6. The number of nitrogens with zero attached hydrogens (tertiary/aromatic N) is 3. The first-order valence-corrected chi connectivity index (χ1v) is 12.5. The Morgan fingerprint density at radius 2 is 1.92 bits per heavy atom. The number of hydrogen-bond acceptors (Lipinski definition) is 5. The van der Waals surface area contributed by atoms with Crippen LogP contribution >= 0.6 is 0 Å². The number of primary amides is 1. The van der Waals surface area contributed by atoms with Crippen molar-refractivity contribution in [3.8, 4) is 17.0 Å². The van der Waals surface area contributed by atoms with E-state index in [1.54, 1.807) is 42.1 Å². The van der Waals surface area contributed by atoms with E-state index >= 15 is 0 Å². The Morgan fingerprint density at radius 1 is 1.21 bits per heavy atom. The van der Waals surface area contributed by atoms with Crippen LogP contribution in [0.15, 0.2) is 55.2 Å². The first-order valence-electron chi connectivity index (χ1n) is 12.5. The highest BCUT2D eigenvalue weighted by atomic mass is 19.4. The third-order valence-corrected chi connectivity index (χ3v) is 6.98. The van der Waals surface area contributed by atoms with E-state index in [2.05, 4.69) is 16.9 Å². The van der Waals surface area contributed by atoms with E-state index in [-0.39, 0.29) is 12.5 Å². The van der Waals surface area contributed by atoms with Crippen LogP contribution < -0.4 is 15.8 Å². The van der Waals surface area contributed by atoms with Gasteiger partial charge in [0.1, 0.15) is 5.75 Å². The average molecular weight is 536 g/mol. The van der Waals surface area contributed by atoms with Gasteiger partial charge in [0, 0.05) is 23.2 Å². The lowest BCUT2D eigenvalue weighted by Gasteiger charge is -2.16. The molecule has 0 atom stereocenters. The van der Waals surface area contributed by atoms with Crippen LogP contribution in [0.5, 0.6) is 5.75 Å². The zero-order valence-corrected chi connectivity index (χ0v) is 21.6. The SMILES string of the molecule is C=C(c1ccc(OC)cc1)c1cc(NCCC(F)(F)F)c2ncc(-c3ccc(C(N)=O)c(C)c3C3CC3)n2n1. The molecule has 0 spiro atoms. The summed E-state index contributed by atoms with van der Waals surface area (Å²) in [5.74, 6) is 0.474. The number of hydrogen-bond donors (Lipinski definition) is 2. The summed E-state index contributed by atoms with van der Waals surface area (Å²) in [6.45, 7) is 5.77. The van der Waals surface area contributed by atoms with Gasteiger partial charge >= 0.3 is 6.18 Å². The molecule has 10 heteroatoms. The van der Waals surface area contributed by atoms with Crippen molar-refractivity contribution < 1.29 is 22.7 Å². The van der Waals surface area contributed by atoms with E-state index in [4.69, 9.17) is 15.6 Å². The Balaban J connectivity index is 1.65. The van der Waals surface area contributed by atoms with Crippen LogP contribution in [-0.4, -0.2) is 40.3 Å². The molecule has 5 rings (SSSR count). The van der Waals surface area contributed by atoms with E-state index in [0.29, 0.717) is 39.6 Å². The second kappa shape index (κ2) is 10.1. The third-order valence-electron chi connectivity index (χ3n) is 6.98. The third kappa shape index (κ3) is 5.32. The van der Waals surface area contributed by atoms with Crippen LogP contribution in [0.4, 0.5) is 18.9 Å². The van der Waals surface area contributed by atoms with Crippen molar-refractivity contribution in [2.45, 2.75) is 38.3 Å². The van der Waals surface area contributed by atoms with Crippen LogP contribution in [0.25, 0.3) is 22.5 Å². The standard InChI is InChI=1S/C29H28F3N5O2/c1-16(18-6-8-20(39-3)9-7-18)23-14-24(34-13-12-29(30,31)32)28-35-15-25(37(28)36-23)22-11-10-21(27(33)38)17(2)26(22)19-4-5-19/h6-11,14-15,19,34H,1,4-5,12-13H2,2-3H3,(H2,33,38). The molecule has 0 aliphatic heterocycles. The summed E-state index contributed by atoms with van der Waals surface area (Å²) in [7, 11) is 1.58. The average Bonchev–Trinajstić information content (AvgIpc) is 3.64. The van der Waals surface area contributed by atoms with Gasteiger partial charge in [0.25, 0.3) is 0 Å². The molecule has 2 aromatic heterocycles. The number of methoxy groups -OCH3 is 1. The van der Waals surface area contributed by atoms with E-state index in [9.17, 15) is 18.0 Å². The lowest BCUT2D eigenvalue weighted by atomic mass is 9.92. The first-order chi connectivity index (χ1) is 18.6. The summed E-state index contributed by atoms with van der Waals surface area (Å²) >= 11 is 0. The predicted molar refractivity (Wildman–Crippen MR) is 144 cm³/mol. The fraction of sp³-hybridized carbons (Fsp3) is 0.276. The van der Waals surface area contributed by atoms with Gasteiger partial charge in [-0.05, 0) is 66.6 Å². The highest BCUT2D eigenvalue weighted by Crippen LogP contribution is 2.47. The van der Waals surface area contributed by atoms with Crippen LogP contribution in [0.1, 0.15) is 57.9 Å². The van der Waals surface area contributed by atoms with Gasteiger partial charge in [-0.15, -0.1) is 0 Å². The lowest BCUT2D eigenvalue weighted by molar-refractivity contribution is -0.131. The Labute approximate surface area is 223 Å². The summed E-state index contributed by atoms with van der Waals surface area (Å²) in [6.07, 6.45) is -1.66. The molecule has 1 fully saturated rings. The molecule has 0 radical (unpaired) electrons. The molecule has 2 aromatic carbocycles. The molecule has 1 aliphatic carbocycles. The van der Waals surface area contributed by atoms with Gasteiger partial charge in [-0.2, -0.15) is 18.3 Å². The molecule has 1 amide bonds. The second-order valence-corrected chi connectivity index (χ2v) is 9.66. The number of anilines is 1. The van der Waals surface area contributed by atoms with Gasteiger partial charge in [-0.1, -0.05) is 24.8 Å². The molecule has 0 bridgehead atoms. The molecule has 7 nitrogen and oxygen atoms in total. The minimum absolute atomic E-state index is 0.284. The number of ether oxygens (including phenoxy) is 1. The van der Waals surface area contributed by atoms with Gasteiger partial charge in [0.05, 0.1) is 36.8 Å². The zero-order chi connectivity index (χ0) is 27.9. The molecular formula is C29H28F3N5O2. The number of carbonyl (C=O) groups excluding carboxylic acids is 1.